The number of aliphatic imine (C=N–C) groups is 1. The van der Waals surface area contributed by atoms with Crippen molar-refractivity contribution in [2.75, 3.05) is 7.11 Å². The van der Waals surface area contributed by atoms with Gasteiger partial charge in [0.15, 0.2) is 11.5 Å². The van der Waals surface area contributed by atoms with Crippen molar-refractivity contribution in [2.45, 2.75) is 66.5 Å². The zero-order chi connectivity index (χ0) is 25.3. The fourth-order valence-electron chi connectivity index (χ4n) is 3.44. The number of rotatable bonds is 10. The fraction of sp³-hybridized carbons (Fsp3) is 0.440. The highest BCUT2D eigenvalue weighted by Crippen LogP contribution is 2.28. The van der Waals surface area contributed by atoms with Crippen LogP contribution in [0.15, 0.2) is 46.5 Å². The number of nitrogens with zero attached hydrogens (tertiary/aromatic N) is 1. The van der Waals surface area contributed by atoms with Gasteiger partial charge in [0.1, 0.15) is 12.1 Å². The molecule has 0 aromatic heterocycles. The normalized spacial score (nSPS) is 14.8. The van der Waals surface area contributed by atoms with Crippen LogP contribution in [-0.2, 0) is 28.6 Å². The number of aryl methyl sites for hydroxylation is 2. The standard InChI is InChI=1S/C25H34N2O6/c1-10-20(31-9)23(33-19(7)28)22(26-8)24(29)27-17(5)25(30)32-18(6)16(4)21-14(2)12-11-13-15(21)3/h10-13,16-18H,8H2,1-7,9H3,(H,27,29)/b20-10+,23-22+/t16?,17-,18?/m0/s1. The van der Waals surface area contributed by atoms with Gasteiger partial charge >= 0.3 is 11.9 Å². The first-order valence-electron chi connectivity index (χ1n) is 10.7. The molecule has 8 nitrogen and oxygen atoms in total. The van der Waals surface area contributed by atoms with Crippen molar-refractivity contribution >= 4 is 24.6 Å². The van der Waals surface area contributed by atoms with Gasteiger partial charge in [-0.05, 0) is 64.1 Å². The molecule has 0 saturated heterocycles. The molecule has 0 aliphatic carbocycles. The van der Waals surface area contributed by atoms with Crippen LogP contribution in [0.5, 0.6) is 0 Å². The van der Waals surface area contributed by atoms with Gasteiger partial charge in [-0.25, -0.2) is 4.79 Å². The monoisotopic (exact) mass is 458 g/mol. The van der Waals surface area contributed by atoms with Crippen molar-refractivity contribution in [1.82, 2.24) is 5.32 Å². The lowest BCUT2D eigenvalue weighted by Gasteiger charge is -2.25. The summed E-state index contributed by atoms with van der Waals surface area (Å²) in [4.78, 5) is 40.7. The molecule has 33 heavy (non-hydrogen) atoms. The maximum absolute atomic E-state index is 12.8. The maximum atomic E-state index is 12.8. The van der Waals surface area contributed by atoms with Crippen LogP contribution >= 0.6 is 0 Å². The minimum atomic E-state index is -0.989. The van der Waals surface area contributed by atoms with Gasteiger partial charge in [0.2, 0.25) is 5.76 Å². The summed E-state index contributed by atoms with van der Waals surface area (Å²) >= 11 is 0. The molecule has 0 heterocycles. The van der Waals surface area contributed by atoms with E-state index in [1.54, 1.807) is 6.92 Å². The Labute approximate surface area is 195 Å². The Balaban J connectivity index is 3.02. The van der Waals surface area contributed by atoms with E-state index >= 15 is 0 Å². The molecule has 0 spiro atoms. The number of carbonyl (C=O) groups is 3. The summed E-state index contributed by atoms with van der Waals surface area (Å²) in [7, 11) is 1.36. The average molecular weight is 459 g/mol. The van der Waals surface area contributed by atoms with Crippen molar-refractivity contribution < 1.29 is 28.6 Å². The summed E-state index contributed by atoms with van der Waals surface area (Å²) < 4.78 is 15.9. The van der Waals surface area contributed by atoms with E-state index < -0.39 is 30.0 Å². The minimum Gasteiger partial charge on any atom is -0.493 e. The molecular weight excluding hydrogens is 424 g/mol. The molecule has 1 amide bonds. The third-order valence-corrected chi connectivity index (χ3v) is 5.24. The topological polar surface area (TPSA) is 103 Å². The number of carbonyl (C=O) groups excluding carboxylic acids is 3. The van der Waals surface area contributed by atoms with Crippen molar-refractivity contribution in [3.63, 3.8) is 0 Å². The molecule has 0 saturated carbocycles. The van der Waals surface area contributed by atoms with Crippen molar-refractivity contribution in [2.24, 2.45) is 4.99 Å². The molecule has 0 aliphatic heterocycles. The number of allylic oxidation sites excluding steroid dienone is 1. The highest BCUT2D eigenvalue weighted by atomic mass is 16.6. The number of hydrogen-bond acceptors (Lipinski definition) is 7. The van der Waals surface area contributed by atoms with Crippen LogP contribution < -0.4 is 5.32 Å². The van der Waals surface area contributed by atoms with Gasteiger partial charge in [0, 0.05) is 12.8 Å². The molecule has 0 aliphatic rings. The lowest BCUT2D eigenvalue weighted by molar-refractivity contribution is -0.152. The summed E-state index contributed by atoms with van der Waals surface area (Å²) in [6.45, 7) is 15.5. The molecule has 0 fully saturated rings. The summed E-state index contributed by atoms with van der Waals surface area (Å²) in [6.07, 6.45) is 1.08. The molecule has 1 rings (SSSR count). The van der Waals surface area contributed by atoms with Crippen LogP contribution in [0.2, 0.25) is 0 Å². The van der Waals surface area contributed by atoms with E-state index in [0.717, 1.165) is 16.7 Å². The molecule has 8 heteroatoms. The van der Waals surface area contributed by atoms with Gasteiger partial charge in [0.05, 0.1) is 7.11 Å². The average Bonchev–Trinajstić information content (AvgIpc) is 2.74. The van der Waals surface area contributed by atoms with E-state index in [2.05, 4.69) is 17.0 Å². The van der Waals surface area contributed by atoms with Crippen LogP contribution in [0.4, 0.5) is 0 Å². The van der Waals surface area contributed by atoms with Crippen LogP contribution in [0.3, 0.4) is 0 Å². The molecular formula is C25H34N2O6. The highest BCUT2D eigenvalue weighted by molar-refractivity contribution is 5.97. The zero-order valence-corrected chi connectivity index (χ0v) is 20.6. The van der Waals surface area contributed by atoms with Crippen LogP contribution in [0, 0.1) is 13.8 Å². The Kier molecular flexibility index (Phi) is 10.5. The summed E-state index contributed by atoms with van der Waals surface area (Å²) in [5, 5.41) is 2.52. The zero-order valence-electron chi connectivity index (χ0n) is 20.6. The van der Waals surface area contributed by atoms with E-state index in [4.69, 9.17) is 14.2 Å². The third-order valence-electron chi connectivity index (χ3n) is 5.24. The van der Waals surface area contributed by atoms with E-state index in [1.807, 2.05) is 45.9 Å². The third kappa shape index (κ3) is 7.30. The number of ether oxygens (including phenoxy) is 3. The van der Waals surface area contributed by atoms with Gasteiger partial charge < -0.3 is 19.5 Å². The largest absolute Gasteiger partial charge is 0.493 e. The minimum absolute atomic E-state index is 0.0436. The molecule has 3 atom stereocenters. The Morgan fingerprint density at radius 2 is 1.70 bits per heavy atom. The second-order valence-corrected chi connectivity index (χ2v) is 7.72. The first-order chi connectivity index (χ1) is 15.5. The molecule has 2 unspecified atom stereocenters. The van der Waals surface area contributed by atoms with Gasteiger partial charge in [-0.3, -0.25) is 14.6 Å². The number of benzene rings is 1. The first kappa shape index (κ1) is 27.6. The molecule has 0 radical (unpaired) electrons. The highest BCUT2D eigenvalue weighted by Gasteiger charge is 2.28. The van der Waals surface area contributed by atoms with E-state index in [-0.39, 0.29) is 23.1 Å². The van der Waals surface area contributed by atoms with Gasteiger partial charge in [0.25, 0.3) is 5.91 Å². The Morgan fingerprint density at radius 1 is 1.12 bits per heavy atom. The second kappa shape index (κ2) is 12.6. The smallest absolute Gasteiger partial charge is 0.328 e. The lowest BCUT2D eigenvalue weighted by atomic mass is 9.89. The number of hydrogen-bond donors (Lipinski definition) is 1. The van der Waals surface area contributed by atoms with E-state index in [9.17, 15) is 14.4 Å². The maximum Gasteiger partial charge on any atom is 0.328 e. The van der Waals surface area contributed by atoms with Crippen LogP contribution in [0.1, 0.15) is 57.2 Å². The van der Waals surface area contributed by atoms with Crippen molar-refractivity contribution in [3.8, 4) is 0 Å². The van der Waals surface area contributed by atoms with Crippen molar-refractivity contribution in [3.05, 3.63) is 58.2 Å². The Morgan fingerprint density at radius 3 is 2.15 bits per heavy atom. The summed E-state index contributed by atoms with van der Waals surface area (Å²) in [5.74, 6) is -2.16. The summed E-state index contributed by atoms with van der Waals surface area (Å²) in [6, 6.07) is 5.04. The molecule has 1 aromatic carbocycles. The number of nitrogens with one attached hydrogen (secondary N) is 1. The van der Waals surface area contributed by atoms with Crippen LogP contribution in [-0.4, -0.2) is 43.8 Å². The second-order valence-electron chi connectivity index (χ2n) is 7.72. The molecule has 180 valence electrons. The van der Waals surface area contributed by atoms with Crippen LogP contribution in [0.25, 0.3) is 0 Å². The predicted molar refractivity (Wildman–Crippen MR) is 127 cm³/mol. The van der Waals surface area contributed by atoms with Gasteiger partial charge in [-0.1, -0.05) is 25.1 Å². The van der Waals surface area contributed by atoms with E-state index in [1.165, 1.54) is 27.0 Å². The Hall–Kier alpha value is -3.42. The van der Waals surface area contributed by atoms with Gasteiger partial charge in [-0.2, -0.15) is 0 Å². The predicted octanol–water partition coefficient (Wildman–Crippen LogP) is 3.87. The molecule has 0 bridgehead atoms. The number of amides is 1. The fourth-order valence-corrected chi connectivity index (χ4v) is 3.44. The number of methoxy groups -OCH3 is 1. The SMILES string of the molecule is C=N/C(C(=O)N[C@@H](C)C(=O)OC(C)C(C)c1c(C)cccc1C)=C(OC(C)=O)\C(=C/C)OC. The lowest BCUT2D eigenvalue weighted by Crippen LogP contribution is -2.42. The quantitative estimate of drug-likeness (QED) is 0.188. The van der Waals surface area contributed by atoms with Crippen molar-refractivity contribution in [1.29, 1.82) is 0 Å². The molecule has 1 aromatic rings. The first-order valence-corrected chi connectivity index (χ1v) is 10.7. The Bertz CT molecular complexity index is 943. The summed E-state index contributed by atoms with van der Waals surface area (Å²) in [5.41, 5.74) is 3.07. The number of esters is 2. The van der Waals surface area contributed by atoms with Gasteiger partial charge in [-0.15, -0.1) is 0 Å². The van der Waals surface area contributed by atoms with E-state index in [0.29, 0.717) is 0 Å². The molecule has 1 N–H and O–H groups in total.